The summed E-state index contributed by atoms with van der Waals surface area (Å²) in [7, 11) is 1.41. The summed E-state index contributed by atoms with van der Waals surface area (Å²) < 4.78 is 15.8. The van der Waals surface area contributed by atoms with E-state index in [1.807, 2.05) is 18.2 Å². The summed E-state index contributed by atoms with van der Waals surface area (Å²) in [6, 6.07) is 5.72. The van der Waals surface area contributed by atoms with E-state index >= 15 is 0 Å². The van der Waals surface area contributed by atoms with Gasteiger partial charge in [0, 0.05) is 6.04 Å². The van der Waals surface area contributed by atoms with Gasteiger partial charge in [0.05, 0.1) is 13.5 Å². The van der Waals surface area contributed by atoms with Gasteiger partial charge in [-0.15, -0.1) is 0 Å². The lowest BCUT2D eigenvalue weighted by molar-refractivity contribution is -0.141. The summed E-state index contributed by atoms with van der Waals surface area (Å²) in [6.07, 6.45) is 1.30. The normalized spacial score (nSPS) is 14.7. The Hall–Kier alpha value is -1.75. The number of ether oxygens (including phenoxy) is 3. The van der Waals surface area contributed by atoms with Crippen LogP contribution in [-0.2, 0) is 9.53 Å². The van der Waals surface area contributed by atoms with E-state index in [0.717, 1.165) is 30.0 Å². The molecule has 1 atom stereocenters. The maximum Gasteiger partial charge on any atom is 0.307 e. The molecule has 0 aliphatic carbocycles. The topological polar surface area (TPSA) is 56.8 Å². The van der Waals surface area contributed by atoms with Crippen molar-refractivity contribution in [2.45, 2.75) is 25.8 Å². The fraction of sp³-hybridized carbons (Fsp3) is 0.533. The van der Waals surface area contributed by atoms with Crippen LogP contribution in [0, 0.1) is 0 Å². The van der Waals surface area contributed by atoms with E-state index in [-0.39, 0.29) is 12.0 Å². The van der Waals surface area contributed by atoms with Crippen molar-refractivity contribution >= 4 is 5.97 Å². The Balaban J connectivity index is 2.16. The molecule has 0 saturated carbocycles. The molecule has 1 N–H and O–H groups in total. The largest absolute Gasteiger partial charge is 0.486 e. The molecule has 1 aromatic carbocycles. The van der Waals surface area contributed by atoms with Crippen molar-refractivity contribution in [2.75, 3.05) is 26.9 Å². The van der Waals surface area contributed by atoms with Crippen LogP contribution in [0.5, 0.6) is 11.5 Å². The van der Waals surface area contributed by atoms with Crippen LogP contribution in [0.2, 0.25) is 0 Å². The number of carbonyl (C=O) groups is 1. The molecule has 0 saturated heterocycles. The zero-order valence-electron chi connectivity index (χ0n) is 12.0. The quantitative estimate of drug-likeness (QED) is 0.808. The van der Waals surface area contributed by atoms with E-state index in [2.05, 4.69) is 12.2 Å². The van der Waals surface area contributed by atoms with Gasteiger partial charge in [0.1, 0.15) is 13.2 Å². The number of esters is 1. The summed E-state index contributed by atoms with van der Waals surface area (Å²) in [4.78, 5) is 11.5. The molecule has 1 aliphatic heterocycles. The second-order valence-corrected chi connectivity index (χ2v) is 4.69. The molecule has 0 amide bonds. The van der Waals surface area contributed by atoms with Crippen LogP contribution in [0.15, 0.2) is 18.2 Å². The molecule has 110 valence electrons. The van der Waals surface area contributed by atoms with E-state index < -0.39 is 0 Å². The van der Waals surface area contributed by atoms with Crippen LogP contribution in [0.4, 0.5) is 0 Å². The monoisotopic (exact) mass is 279 g/mol. The van der Waals surface area contributed by atoms with Gasteiger partial charge in [-0.2, -0.15) is 0 Å². The highest BCUT2D eigenvalue weighted by molar-refractivity contribution is 5.70. The highest BCUT2D eigenvalue weighted by atomic mass is 16.6. The fourth-order valence-corrected chi connectivity index (χ4v) is 2.15. The number of hydrogen-bond acceptors (Lipinski definition) is 5. The van der Waals surface area contributed by atoms with Crippen LogP contribution in [0.25, 0.3) is 0 Å². The molecule has 20 heavy (non-hydrogen) atoms. The van der Waals surface area contributed by atoms with Crippen molar-refractivity contribution < 1.29 is 19.0 Å². The van der Waals surface area contributed by atoms with Gasteiger partial charge < -0.3 is 19.5 Å². The minimum absolute atomic E-state index is 0.0711. The van der Waals surface area contributed by atoms with Gasteiger partial charge in [0.15, 0.2) is 11.5 Å². The number of fused-ring (bicyclic) bond motifs is 1. The standard InChI is InChI=1S/C15H21NO4/c1-3-6-16-12(10-15(17)18-2)11-4-5-13-14(9-11)20-8-7-19-13/h4-5,9,12,16H,3,6-8,10H2,1-2H3. The number of benzene rings is 1. The van der Waals surface area contributed by atoms with Gasteiger partial charge in [-0.05, 0) is 30.7 Å². The molecule has 1 aromatic rings. The zero-order valence-corrected chi connectivity index (χ0v) is 12.0. The van der Waals surface area contributed by atoms with Gasteiger partial charge >= 0.3 is 5.97 Å². The molecule has 0 radical (unpaired) electrons. The second kappa shape index (κ2) is 7.14. The average Bonchev–Trinajstić information content (AvgIpc) is 2.50. The molecule has 0 bridgehead atoms. The minimum Gasteiger partial charge on any atom is -0.486 e. The smallest absolute Gasteiger partial charge is 0.307 e. The third kappa shape index (κ3) is 3.63. The first-order chi connectivity index (χ1) is 9.74. The average molecular weight is 279 g/mol. The minimum atomic E-state index is -0.228. The molecule has 0 aromatic heterocycles. The highest BCUT2D eigenvalue weighted by Gasteiger charge is 2.19. The molecule has 5 nitrogen and oxygen atoms in total. The maximum atomic E-state index is 11.5. The Morgan fingerprint density at radius 1 is 1.35 bits per heavy atom. The van der Waals surface area contributed by atoms with Crippen LogP contribution in [0.3, 0.4) is 0 Å². The molecular weight excluding hydrogens is 258 g/mol. The van der Waals surface area contributed by atoms with Gasteiger partial charge in [0.2, 0.25) is 0 Å². The van der Waals surface area contributed by atoms with Crippen molar-refractivity contribution in [1.82, 2.24) is 5.32 Å². The van der Waals surface area contributed by atoms with Crippen molar-refractivity contribution in [1.29, 1.82) is 0 Å². The molecule has 5 heteroatoms. The summed E-state index contributed by atoms with van der Waals surface area (Å²) in [6.45, 7) is 4.06. The fourth-order valence-electron chi connectivity index (χ4n) is 2.15. The van der Waals surface area contributed by atoms with E-state index in [9.17, 15) is 4.79 Å². The number of carbonyl (C=O) groups excluding carboxylic acids is 1. The van der Waals surface area contributed by atoms with E-state index in [4.69, 9.17) is 14.2 Å². The molecule has 0 spiro atoms. The lowest BCUT2D eigenvalue weighted by Crippen LogP contribution is -2.25. The van der Waals surface area contributed by atoms with Crippen molar-refractivity contribution in [2.24, 2.45) is 0 Å². The third-order valence-electron chi connectivity index (χ3n) is 3.21. The molecule has 1 unspecified atom stereocenters. The van der Waals surface area contributed by atoms with Gasteiger partial charge in [0.25, 0.3) is 0 Å². The Kier molecular flexibility index (Phi) is 5.24. The maximum absolute atomic E-state index is 11.5. The lowest BCUT2D eigenvalue weighted by Gasteiger charge is -2.22. The number of rotatable bonds is 6. The Bertz CT molecular complexity index is 461. The summed E-state index contributed by atoms with van der Waals surface area (Å²) in [5, 5.41) is 3.36. The predicted octanol–water partition coefficient (Wildman–Crippen LogP) is 2.06. The molecule has 2 rings (SSSR count). The van der Waals surface area contributed by atoms with Crippen molar-refractivity contribution in [3.05, 3.63) is 23.8 Å². The summed E-state index contributed by atoms with van der Waals surface area (Å²) in [5.41, 5.74) is 1.01. The highest BCUT2D eigenvalue weighted by Crippen LogP contribution is 2.33. The molecular formula is C15H21NO4. The van der Waals surface area contributed by atoms with Crippen LogP contribution in [0.1, 0.15) is 31.4 Å². The van der Waals surface area contributed by atoms with E-state index in [1.165, 1.54) is 7.11 Å². The van der Waals surface area contributed by atoms with E-state index in [1.54, 1.807) is 0 Å². The number of nitrogens with one attached hydrogen (secondary N) is 1. The summed E-state index contributed by atoms with van der Waals surface area (Å²) >= 11 is 0. The van der Waals surface area contributed by atoms with Crippen LogP contribution >= 0.6 is 0 Å². The molecule has 1 heterocycles. The van der Waals surface area contributed by atoms with Gasteiger partial charge in [-0.25, -0.2) is 0 Å². The lowest BCUT2D eigenvalue weighted by atomic mass is 10.0. The molecule has 0 fully saturated rings. The first-order valence-electron chi connectivity index (χ1n) is 6.94. The second-order valence-electron chi connectivity index (χ2n) is 4.69. The van der Waals surface area contributed by atoms with Crippen LogP contribution in [-0.4, -0.2) is 32.8 Å². The van der Waals surface area contributed by atoms with Crippen molar-refractivity contribution in [3.63, 3.8) is 0 Å². The van der Waals surface area contributed by atoms with Gasteiger partial charge in [-0.3, -0.25) is 4.79 Å². The third-order valence-corrected chi connectivity index (χ3v) is 3.21. The van der Waals surface area contributed by atoms with E-state index in [0.29, 0.717) is 19.6 Å². The Morgan fingerprint density at radius 2 is 2.10 bits per heavy atom. The first-order valence-corrected chi connectivity index (χ1v) is 6.94. The zero-order chi connectivity index (χ0) is 14.4. The van der Waals surface area contributed by atoms with Gasteiger partial charge in [-0.1, -0.05) is 13.0 Å². The Morgan fingerprint density at radius 3 is 2.80 bits per heavy atom. The van der Waals surface area contributed by atoms with Crippen LogP contribution < -0.4 is 14.8 Å². The first kappa shape index (κ1) is 14.7. The SMILES string of the molecule is CCCNC(CC(=O)OC)c1ccc2c(c1)OCCO2. The Labute approximate surface area is 119 Å². The number of methoxy groups -OCH3 is 1. The predicted molar refractivity (Wildman–Crippen MR) is 75.1 cm³/mol. The molecule has 1 aliphatic rings. The number of hydrogen-bond donors (Lipinski definition) is 1. The summed E-state index contributed by atoms with van der Waals surface area (Å²) in [5.74, 6) is 1.27. The van der Waals surface area contributed by atoms with Crippen molar-refractivity contribution in [3.8, 4) is 11.5 Å².